The highest BCUT2D eigenvalue weighted by Gasteiger charge is 2.31. The number of nitrogens with one attached hydrogen (secondary N) is 1. The molecule has 0 aliphatic carbocycles. The van der Waals surface area contributed by atoms with E-state index in [0.29, 0.717) is 22.6 Å². The van der Waals surface area contributed by atoms with Gasteiger partial charge in [-0.2, -0.15) is 4.98 Å². The molecule has 1 aromatic heterocycles. The van der Waals surface area contributed by atoms with Crippen molar-refractivity contribution in [1.82, 2.24) is 14.8 Å². The van der Waals surface area contributed by atoms with Crippen molar-refractivity contribution < 1.29 is 4.74 Å². The van der Waals surface area contributed by atoms with E-state index in [1.165, 1.54) is 0 Å². The topological polar surface area (TPSA) is 78.0 Å². The number of rotatable bonds is 4. The Hall–Kier alpha value is -2.44. The Morgan fingerprint density at radius 3 is 2.59 bits per heavy atom. The van der Waals surface area contributed by atoms with Gasteiger partial charge in [0.05, 0.1) is 28.7 Å². The molecule has 0 saturated heterocycles. The number of benzene rings is 2. The van der Waals surface area contributed by atoms with Crippen LogP contribution in [-0.4, -0.2) is 21.4 Å². The number of hydrogen-bond donors (Lipinski definition) is 2. The van der Waals surface area contributed by atoms with Gasteiger partial charge < -0.3 is 15.8 Å². The third-order valence-corrected chi connectivity index (χ3v) is 5.37. The minimum Gasteiger partial charge on any atom is -0.494 e. The molecule has 1 aliphatic rings. The predicted octanol–water partition coefficient (Wildman–Crippen LogP) is 4.71. The average molecular weight is 404 g/mol. The molecule has 6 nitrogen and oxygen atoms in total. The SMILES string of the molecule is CCOc1ccc([C@H]2C[C@H](c3ccc(Cl)c(Cl)c3)Nc3nc(N)nn32)cc1. The number of halogens is 2. The summed E-state index contributed by atoms with van der Waals surface area (Å²) in [7, 11) is 0. The van der Waals surface area contributed by atoms with E-state index >= 15 is 0 Å². The molecular formula is C19H19Cl2N5O. The van der Waals surface area contributed by atoms with Gasteiger partial charge in [-0.25, -0.2) is 4.68 Å². The maximum atomic E-state index is 6.21. The molecule has 2 atom stereocenters. The smallest absolute Gasteiger partial charge is 0.241 e. The molecule has 140 valence electrons. The van der Waals surface area contributed by atoms with Crippen LogP contribution in [0.25, 0.3) is 0 Å². The van der Waals surface area contributed by atoms with Gasteiger partial charge in [0, 0.05) is 0 Å². The van der Waals surface area contributed by atoms with Crippen LogP contribution >= 0.6 is 23.2 Å². The zero-order chi connectivity index (χ0) is 19.0. The molecule has 0 saturated carbocycles. The van der Waals surface area contributed by atoms with Crippen LogP contribution < -0.4 is 15.8 Å². The van der Waals surface area contributed by atoms with Crippen molar-refractivity contribution in [3.8, 4) is 5.75 Å². The lowest BCUT2D eigenvalue weighted by atomic mass is 9.93. The third-order valence-electron chi connectivity index (χ3n) is 4.63. The van der Waals surface area contributed by atoms with Gasteiger partial charge in [-0.05, 0) is 48.7 Å². The number of fused-ring (bicyclic) bond motifs is 1. The number of hydrogen-bond acceptors (Lipinski definition) is 5. The molecule has 0 unspecified atom stereocenters. The highest BCUT2D eigenvalue weighted by molar-refractivity contribution is 6.42. The molecule has 27 heavy (non-hydrogen) atoms. The molecule has 0 amide bonds. The van der Waals surface area contributed by atoms with Crippen LogP contribution in [0.3, 0.4) is 0 Å². The molecule has 3 N–H and O–H groups in total. The maximum absolute atomic E-state index is 6.21. The first-order valence-electron chi connectivity index (χ1n) is 8.71. The van der Waals surface area contributed by atoms with E-state index in [1.54, 1.807) is 6.07 Å². The van der Waals surface area contributed by atoms with E-state index in [9.17, 15) is 0 Å². The van der Waals surface area contributed by atoms with Gasteiger partial charge in [0.15, 0.2) is 0 Å². The van der Waals surface area contributed by atoms with Gasteiger partial charge in [-0.3, -0.25) is 0 Å². The first-order valence-corrected chi connectivity index (χ1v) is 9.47. The minimum absolute atomic E-state index is 0.00688. The Kier molecular flexibility index (Phi) is 4.85. The Labute approximate surface area is 167 Å². The first kappa shape index (κ1) is 17.9. The molecule has 8 heteroatoms. The van der Waals surface area contributed by atoms with Crippen LogP contribution in [-0.2, 0) is 0 Å². The second-order valence-corrected chi connectivity index (χ2v) is 7.18. The Bertz CT molecular complexity index is 957. The standard InChI is InChI=1S/C19H19Cl2N5O/c1-2-27-13-6-3-11(4-7-13)17-10-16(12-5-8-14(20)15(21)9-12)23-19-24-18(22)25-26(17)19/h3-9,16-17H,2,10H2,1H3,(H3,22,23,24,25)/t16-,17-/m1/s1. The highest BCUT2D eigenvalue weighted by Crippen LogP contribution is 2.39. The van der Waals surface area contributed by atoms with E-state index in [0.717, 1.165) is 23.3 Å². The average Bonchev–Trinajstić information content (AvgIpc) is 3.04. The lowest BCUT2D eigenvalue weighted by Gasteiger charge is -2.32. The zero-order valence-corrected chi connectivity index (χ0v) is 16.2. The molecule has 1 aliphatic heterocycles. The fraction of sp³-hybridized carbons (Fsp3) is 0.263. The van der Waals surface area contributed by atoms with Crippen LogP contribution in [0.5, 0.6) is 5.75 Å². The molecular weight excluding hydrogens is 385 g/mol. The van der Waals surface area contributed by atoms with Crippen LogP contribution in [0.1, 0.15) is 36.6 Å². The molecule has 2 aromatic carbocycles. The molecule has 0 radical (unpaired) electrons. The van der Waals surface area contributed by atoms with Crippen molar-refractivity contribution in [1.29, 1.82) is 0 Å². The number of ether oxygens (including phenoxy) is 1. The van der Waals surface area contributed by atoms with E-state index in [-0.39, 0.29) is 18.0 Å². The maximum Gasteiger partial charge on any atom is 0.241 e. The Morgan fingerprint density at radius 2 is 1.89 bits per heavy atom. The molecule has 0 spiro atoms. The van der Waals surface area contributed by atoms with Gasteiger partial charge in [0.25, 0.3) is 0 Å². The summed E-state index contributed by atoms with van der Waals surface area (Å²) in [6, 6.07) is 13.7. The summed E-state index contributed by atoms with van der Waals surface area (Å²) in [5.41, 5.74) is 7.99. The van der Waals surface area contributed by atoms with Crippen molar-refractivity contribution in [3.63, 3.8) is 0 Å². The van der Waals surface area contributed by atoms with E-state index < -0.39 is 0 Å². The summed E-state index contributed by atoms with van der Waals surface area (Å²) in [4.78, 5) is 4.32. The number of nitrogens with two attached hydrogens (primary N) is 1. The first-order chi connectivity index (χ1) is 13.0. The molecule has 0 bridgehead atoms. The van der Waals surface area contributed by atoms with E-state index in [2.05, 4.69) is 27.5 Å². The van der Waals surface area contributed by atoms with Gasteiger partial charge in [-0.15, -0.1) is 5.10 Å². The van der Waals surface area contributed by atoms with Gasteiger partial charge in [-0.1, -0.05) is 41.4 Å². The van der Waals surface area contributed by atoms with Crippen molar-refractivity contribution in [3.05, 3.63) is 63.6 Å². The molecule has 2 heterocycles. The van der Waals surface area contributed by atoms with Gasteiger partial charge in [0.2, 0.25) is 11.9 Å². The van der Waals surface area contributed by atoms with Crippen LogP contribution in [0.2, 0.25) is 10.0 Å². The lowest BCUT2D eigenvalue weighted by molar-refractivity contribution is 0.340. The third kappa shape index (κ3) is 3.55. The quantitative estimate of drug-likeness (QED) is 0.659. The Morgan fingerprint density at radius 1 is 1.15 bits per heavy atom. The van der Waals surface area contributed by atoms with Crippen molar-refractivity contribution in [2.45, 2.75) is 25.4 Å². The van der Waals surface area contributed by atoms with E-state index in [1.807, 2.05) is 35.9 Å². The summed E-state index contributed by atoms with van der Waals surface area (Å²) in [6.45, 7) is 2.60. The summed E-state index contributed by atoms with van der Waals surface area (Å²) >= 11 is 12.3. The molecule has 4 rings (SSSR count). The number of nitrogens with zero attached hydrogens (tertiary/aromatic N) is 3. The minimum atomic E-state index is -0.0128. The molecule has 3 aromatic rings. The summed E-state index contributed by atoms with van der Waals surface area (Å²) < 4.78 is 7.37. The summed E-state index contributed by atoms with van der Waals surface area (Å²) in [5.74, 6) is 1.71. The van der Waals surface area contributed by atoms with Crippen LogP contribution in [0.15, 0.2) is 42.5 Å². The van der Waals surface area contributed by atoms with Gasteiger partial charge in [0.1, 0.15) is 5.75 Å². The van der Waals surface area contributed by atoms with Crippen molar-refractivity contribution >= 4 is 35.1 Å². The number of nitrogen functional groups attached to an aromatic ring is 1. The highest BCUT2D eigenvalue weighted by atomic mass is 35.5. The lowest BCUT2D eigenvalue weighted by Crippen LogP contribution is -2.28. The fourth-order valence-electron chi connectivity index (χ4n) is 3.37. The zero-order valence-electron chi connectivity index (χ0n) is 14.7. The number of anilines is 2. The van der Waals surface area contributed by atoms with Crippen LogP contribution in [0, 0.1) is 0 Å². The second-order valence-electron chi connectivity index (χ2n) is 6.36. The number of aromatic nitrogens is 3. The summed E-state index contributed by atoms with van der Waals surface area (Å²) in [6.07, 6.45) is 0.766. The monoisotopic (exact) mass is 403 g/mol. The largest absolute Gasteiger partial charge is 0.494 e. The molecule has 0 fully saturated rings. The van der Waals surface area contributed by atoms with Crippen molar-refractivity contribution in [2.24, 2.45) is 0 Å². The van der Waals surface area contributed by atoms with Crippen LogP contribution in [0.4, 0.5) is 11.9 Å². The Balaban J connectivity index is 1.70. The van der Waals surface area contributed by atoms with Crippen molar-refractivity contribution in [2.75, 3.05) is 17.7 Å². The van der Waals surface area contributed by atoms with E-state index in [4.69, 9.17) is 33.7 Å². The summed E-state index contributed by atoms with van der Waals surface area (Å²) in [5, 5.41) is 8.83. The second kappa shape index (κ2) is 7.29. The fourth-order valence-corrected chi connectivity index (χ4v) is 3.68. The normalized spacial score (nSPS) is 18.6. The van der Waals surface area contributed by atoms with Gasteiger partial charge >= 0.3 is 0 Å². The predicted molar refractivity (Wildman–Crippen MR) is 108 cm³/mol.